The van der Waals surface area contributed by atoms with Gasteiger partial charge in [-0.05, 0) is 30.3 Å². The summed E-state index contributed by atoms with van der Waals surface area (Å²) in [5.41, 5.74) is 0.808. The van der Waals surface area contributed by atoms with Gasteiger partial charge >= 0.3 is 0 Å². The van der Waals surface area contributed by atoms with E-state index in [0.29, 0.717) is 0 Å². The second-order valence-corrected chi connectivity index (χ2v) is 10.7. The molecule has 0 saturated heterocycles. The average molecular weight is 505 g/mol. The van der Waals surface area contributed by atoms with E-state index >= 15 is 0 Å². The summed E-state index contributed by atoms with van der Waals surface area (Å²) in [5, 5.41) is 0. The fourth-order valence-corrected chi connectivity index (χ4v) is 4.51. The lowest BCUT2D eigenvalue weighted by Crippen LogP contribution is -2.22. The molecule has 0 bridgehead atoms. The fraction of sp³-hybridized carbons (Fsp3) is 0.586. The molecule has 5 nitrogen and oxygen atoms in total. The third-order valence-corrected chi connectivity index (χ3v) is 7.13. The molecule has 1 aliphatic rings. The molecule has 198 valence electrons. The molecular weight excluding hydrogens is 456 g/mol. The van der Waals surface area contributed by atoms with Crippen LogP contribution in [0.3, 0.4) is 0 Å². The molecule has 0 spiro atoms. The topological polar surface area (TPSA) is 60.9 Å². The van der Waals surface area contributed by atoms with Crippen LogP contribution in [0, 0.1) is 0 Å². The zero-order valence-corrected chi connectivity index (χ0v) is 22.7. The maximum atomic E-state index is 10.6. The first-order valence-electron chi connectivity index (χ1n) is 13.4. The SMILES string of the molecule is C=CN1C=CN(CCCCCCCCCCCCCCCC)C1.C=Cc1ccc(S(=O)(=O)O)cc1. The molecule has 0 atom stereocenters. The number of hydrogen-bond donors (Lipinski definition) is 1. The largest absolute Gasteiger partial charge is 0.358 e. The van der Waals surface area contributed by atoms with Crippen molar-refractivity contribution in [3.05, 3.63) is 61.6 Å². The van der Waals surface area contributed by atoms with E-state index in [9.17, 15) is 8.42 Å². The van der Waals surface area contributed by atoms with Crippen LogP contribution in [-0.4, -0.2) is 36.0 Å². The summed E-state index contributed by atoms with van der Waals surface area (Å²) in [4.78, 5) is 4.40. The minimum absolute atomic E-state index is 0.104. The van der Waals surface area contributed by atoms with E-state index in [-0.39, 0.29) is 4.90 Å². The van der Waals surface area contributed by atoms with Crippen LogP contribution in [0.25, 0.3) is 6.08 Å². The number of benzene rings is 1. The van der Waals surface area contributed by atoms with E-state index in [1.165, 1.54) is 109 Å². The van der Waals surface area contributed by atoms with Crippen LogP contribution in [0.5, 0.6) is 0 Å². The van der Waals surface area contributed by atoms with E-state index in [1.54, 1.807) is 18.2 Å². The number of unbranched alkanes of at least 4 members (excludes halogenated alkanes) is 13. The quantitative estimate of drug-likeness (QED) is 0.161. The standard InChI is InChI=1S/C21H40N2.C8H8O3S/c1-3-5-6-7-8-9-10-11-12-13-14-15-16-17-18-23-20-19-22(4-2)21-23;1-2-7-3-5-8(6-4-7)12(9,10)11/h4,19-20H,2-3,5-18,21H2,1H3;2-6H,1H2,(H,9,10,11). The summed E-state index contributed by atoms with van der Waals surface area (Å²) in [6.45, 7) is 11.8. The molecule has 0 amide bonds. The van der Waals surface area contributed by atoms with Crippen molar-refractivity contribution in [2.75, 3.05) is 13.2 Å². The predicted octanol–water partition coefficient (Wildman–Crippen LogP) is 8.23. The Balaban J connectivity index is 0.000000427. The smallest absolute Gasteiger partial charge is 0.294 e. The van der Waals surface area contributed by atoms with Crippen LogP contribution in [0.15, 0.2) is 60.9 Å². The Labute approximate surface area is 215 Å². The average Bonchev–Trinajstić information content (AvgIpc) is 3.32. The van der Waals surface area contributed by atoms with Gasteiger partial charge in [-0.2, -0.15) is 8.42 Å². The van der Waals surface area contributed by atoms with Crippen LogP contribution in [0.2, 0.25) is 0 Å². The van der Waals surface area contributed by atoms with E-state index < -0.39 is 10.1 Å². The van der Waals surface area contributed by atoms with Crippen molar-refractivity contribution < 1.29 is 13.0 Å². The second kappa shape index (κ2) is 19.2. The van der Waals surface area contributed by atoms with Crippen LogP contribution in [0.4, 0.5) is 0 Å². The van der Waals surface area contributed by atoms with Gasteiger partial charge in [0.25, 0.3) is 10.1 Å². The first-order valence-corrected chi connectivity index (χ1v) is 14.9. The van der Waals surface area contributed by atoms with Gasteiger partial charge in [0.15, 0.2) is 0 Å². The summed E-state index contributed by atoms with van der Waals surface area (Å²) in [6.07, 6.45) is 27.8. The van der Waals surface area contributed by atoms with E-state index in [2.05, 4.69) is 42.3 Å². The number of hydrogen-bond acceptors (Lipinski definition) is 4. The molecule has 1 aromatic carbocycles. The van der Waals surface area contributed by atoms with Gasteiger partial charge in [-0.3, -0.25) is 4.55 Å². The first-order chi connectivity index (χ1) is 16.9. The molecule has 0 aromatic heterocycles. The van der Waals surface area contributed by atoms with E-state index in [1.807, 2.05) is 6.20 Å². The molecule has 0 saturated carbocycles. The highest BCUT2D eigenvalue weighted by Crippen LogP contribution is 2.14. The second-order valence-electron chi connectivity index (χ2n) is 9.29. The highest BCUT2D eigenvalue weighted by molar-refractivity contribution is 7.85. The minimum Gasteiger partial charge on any atom is -0.358 e. The molecule has 35 heavy (non-hydrogen) atoms. The van der Waals surface area contributed by atoms with Gasteiger partial charge < -0.3 is 9.80 Å². The lowest BCUT2D eigenvalue weighted by Gasteiger charge is -2.18. The summed E-state index contributed by atoms with van der Waals surface area (Å²) in [5.74, 6) is 0. The Hall–Kier alpha value is -2.05. The molecule has 1 N–H and O–H groups in total. The Bertz CT molecular complexity index is 819. The summed E-state index contributed by atoms with van der Waals surface area (Å²) >= 11 is 0. The minimum atomic E-state index is -4.06. The van der Waals surface area contributed by atoms with Gasteiger partial charge in [0.05, 0.1) is 11.6 Å². The molecule has 6 heteroatoms. The lowest BCUT2D eigenvalue weighted by atomic mass is 10.0. The van der Waals surface area contributed by atoms with Crippen LogP contribution >= 0.6 is 0 Å². The third kappa shape index (κ3) is 15.5. The van der Waals surface area contributed by atoms with E-state index in [4.69, 9.17) is 4.55 Å². The van der Waals surface area contributed by atoms with Gasteiger partial charge in [-0.1, -0.05) is 122 Å². The molecular formula is C29H48N2O3S. The monoisotopic (exact) mass is 504 g/mol. The van der Waals surface area contributed by atoms with Crippen molar-refractivity contribution in [3.8, 4) is 0 Å². The molecule has 0 radical (unpaired) electrons. The summed E-state index contributed by atoms with van der Waals surface area (Å²) < 4.78 is 29.7. The molecule has 0 unspecified atom stereocenters. The lowest BCUT2D eigenvalue weighted by molar-refractivity contribution is 0.307. The van der Waals surface area contributed by atoms with Crippen LogP contribution in [-0.2, 0) is 10.1 Å². The molecule has 1 heterocycles. The zero-order chi connectivity index (χ0) is 25.8. The van der Waals surface area contributed by atoms with Crippen molar-refractivity contribution in [2.24, 2.45) is 0 Å². The van der Waals surface area contributed by atoms with Crippen LogP contribution < -0.4 is 0 Å². The van der Waals surface area contributed by atoms with Crippen molar-refractivity contribution in [1.29, 1.82) is 0 Å². The van der Waals surface area contributed by atoms with Crippen molar-refractivity contribution in [2.45, 2.75) is 102 Å². The maximum absolute atomic E-state index is 10.6. The van der Waals surface area contributed by atoms with Gasteiger partial charge in [0.2, 0.25) is 0 Å². The maximum Gasteiger partial charge on any atom is 0.294 e. The Morgan fingerprint density at radius 3 is 1.69 bits per heavy atom. The molecule has 0 aliphatic carbocycles. The van der Waals surface area contributed by atoms with Gasteiger partial charge in [0.1, 0.15) is 0 Å². The Morgan fingerprint density at radius 1 is 0.800 bits per heavy atom. The first kappa shape index (κ1) is 31.0. The Kier molecular flexibility index (Phi) is 17.0. The zero-order valence-electron chi connectivity index (χ0n) is 21.9. The number of nitrogens with zero attached hydrogens (tertiary/aromatic N) is 2. The van der Waals surface area contributed by atoms with Crippen molar-refractivity contribution in [3.63, 3.8) is 0 Å². The highest BCUT2D eigenvalue weighted by atomic mass is 32.2. The van der Waals surface area contributed by atoms with Crippen molar-refractivity contribution in [1.82, 2.24) is 9.80 Å². The van der Waals surface area contributed by atoms with Gasteiger partial charge in [0, 0.05) is 18.9 Å². The third-order valence-electron chi connectivity index (χ3n) is 6.26. The molecule has 1 aromatic rings. The summed E-state index contributed by atoms with van der Waals surface area (Å²) in [6, 6.07) is 5.78. The van der Waals surface area contributed by atoms with Gasteiger partial charge in [-0.15, -0.1) is 0 Å². The van der Waals surface area contributed by atoms with Crippen LogP contribution in [0.1, 0.15) is 102 Å². The fourth-order valence-electron chi connectivity index (χ4n) is 4.03. The molecule has 1 aliphatic heterocycles. The molecule has 0 fully saturated rings. The van der Waals surface area contributed by atoms with Gasteiger partial charge in [-0.25, -0.2) is 0 Å². The van der Waals surface area contributed by atoms with E-state index in [0.717, 1.165) is 12.2 Å². The normalized spacial score (nSPS) is 13.0. The Morgan fingerprint density at radius 2 is 1.29 bits per heavy atom. The highest BCUT2D eigenvalue weighted by Gasteiger charge is 2.08. The predicted molar refractivity (Wildman–Crippen MR) is 149 cm³/mol. The molecule has 2 rings (SSSR count). The van der Waals surface area contributed by atoms with Crippen molar-refractivity contribution >= 4 is 16.2 Å². The summed E-state index contributed by atoms with van der Waals surface area (Å²) in [7, 11) is -4.06. The number of rotatable bonds is 18.